The van der Waals surface area contributed by atoms with Gasteiger partial charge in [-0.05, 0) is 50.5 Å². The molecule has 2 aromatic heterocycles. The molecule has 2 heterocycles. The van der Waals surface area contributed by atoms with E-state index in [1.165, 1.54) is 5.69 Å². The lowest BCUT2D eigenvalue weighted by molar-refractivity contribution is 0.298. The van der Waals surface area contributed by atoms with Crippen molar-refractivity contribution in [2.24, 2.45) is 7.05 Å². The molecule has 0 bridgehead atoms. The van der Waals surface area contributed by atoms with Crippen molar-refractivity contribution in [2.75, 3.05) is 0 Å². The molecule has 0 fully saturated rings. The maximum absolute atomic E-state index is 12.0. The zero-order valence-electron chi connectivity index (χ0n) is 15.6. The molecule has 0 aliphatic carbocycles. The minimum atomic E-state index is -0.295. The Balaban J connectivity index is 1.92. The molecule has 1 aromatic carbocycles. The van der Waals surface area contributed by atoms with Crippen molar-refractivity contribution in [3.8, 4) is 5.75 Å². The Hall–Kier alpha value is -2.56. The van der Waals surface area contributed by atoms with Crippen molar-refractivity contribution in [1.82, 2.24) is 9.78 Å². The van der Waals surface area contributed by atoms with Gasteiger partial charge in [0.15, 0.2) is 0 Å². The Bertz CT molecular complexity index is 996. The Morgan fingerprint density at radius 3 is 2.52 bits per heavy atom. The third-order valence-electron chi connectivity index (χ3n) is 4.76. The first kappa shape index (κ1) is 17.3. The molecule has 0 aliphatic rings. The van der Waals surface area contributed by atoms with Gasteiger partial charge in [0.05, 0.1) is 0 Å². The molecule has 0 spiro atoms. The first-order valence-electron chi connectivity index (χ1n) is 8.48. The maximum Gasteiger partial charge on any atom is 0.339 e. The number of benzene rings is 1. The number of aromatic nitrogens is 2. The van der Waals surface area contributed by atoms with Crippen molar-refractivity contribution in [3.05, 3.63) is 56.7 Å². The van der Waals surface area contributed by atoms with E-state index in [4.69, 9.17) is 9.15 Å². The highest BCUT2D eigenvalue weighted by Crippen LogP contribution is 2.29. The van der Waals surface area contributed by atoms with Crippen molar-refractivity contribution in [3.63, 3.8) is 0 Å². The fourth-order valence-corrected chi connectivity index (χ4v) is 3.09. The normalized spacial score (nSPS) is 11.5. The number of rotatable bonds is 4. The predicted octanol–water partition coefficient (Wildman–Crippen LogP) is 4.15. The van der Waals surface area contributed by atoms with Gasteiger partial charge in [0.2, 0.25) is 0 Å². The van der Waals surface area contributed by atoms with Crippen LogP contribution in [0.5, 0.6) is 5.75 Å². The van der Waals surface area contributed by atoms with E-state index < -0.39 is 0 Å². The van der Waals surface area contributed by atoms with Crippen LogP contribution < -0.4 is 10.4 Å². The van der Waals surface area contributed by atoms with Gasteiger partial charge in [0.25, 0.3) is 0 Å². The van der Waals surface area contributed by atoms with Crippen LogP contribution in [0.3, 0.4) is 0 Å². The molecule has 0 N–H and O–H groups in total. The van der Waals surface area contributed by atoms with Crippen LogP contribution in [0.25, 0.3) is 11.0 Å². The van der Waals surface area contributed by atoms with Crippen LogP contribution in [0.4, 0.5) is 0 Å². The monoisotopic (exact) mass is 340 g/mol. The summed E-state index contributed by atoms with van der Waals surface area (Å²) in [5, 5.41) is 5.44. The van der Waals surface area contributed by atoms with E-state index >= 15 is 0 Å². The highest BCUT2D eigenvalue weighted by Gasteiger charge is 2.14. The predicted molar refractivity (Wildman–Crippen MR) is 98.3 cm³/mol. The second kappa shape index (κ2) is 6.39. The van der Waals surface area contributed by atoms with Gasteiger partial charge in [-0.25, -0.2) is 4.79 Å². The van der Waals surface area contributed by atoms with Crippen LogP contribution >= 0.6 is 0 Å². The molecule has 3 aromatic rings. The van der Waals surface area contributed by atoms with Crippen LogP contribution in [0, 0.1) is 20.8 Å². The zero-order chi connectivity index (χ0) is 18.3. The van der Waals surface area contributed by atoms with E-state index in [1.54, 1.807) is 6.92 Å². The molecule has 3 rings (SSSR count). The van der Waals surface area contributed by atoms with E-state index in [0.717, 1.165) is 22.2 Å². The average molecular weight is 340 g/mol. The third kappa shape index (κ3) is 3.06. The summed E-state index contributed by atoms with van der Waals surface area (Å²) in [6.07, 6.45) is 0. The summed E-state index contributed by atoms with van der Waals surface area (Å²) in [6.45, 7) is 10.3. The molecule has 5 nitrogen and oxygen atoms in total. The fraction of sp³-hybridized carbons (Fsp3) is 0.400. The van der Waals surface area contributed by atoms with E-state index in [-0.39, 0.29) is 5.63 Å². The molecular weight excluding hydrogens is 316 g/mol. The summed E-state index contributed by atoms with van der Waals surface area (Å²) < 4.78 is 13.3. The maximum atomic E-state index is 12.0. The molecule has 0 saturated carbocycles. The second-order valence-electron chi connectivity index (χ2n) is 6.83. The van der Waals surface area contributed by atoms with E-state index in [2.05, 4.69) is 25.0 Å². The van der Waals surface area contributed by atoms with E-state index in [9.17, 15) is 4.79 Å². The number of nitrogens with zero attached hydrogens (tertiary/aromatic N) is 2. The number of aryl methyl sites for hydroxylation is 3. The Labute approximate surface area is 147 Å². The van der Waals surface area contributed by atoms with Crippen molar-refractivity contribution >= 4 is 11.0 Å². The third-order valence-corrected chi connectivity index (χ3v) is 4.76. The summed E-state index contributed by atoms with van der Waals surface area (Å²) in [7, 11) is 1.94. The minimum absolute atomic E-state index is 0.295. The van der Waals surface area contributed by atoms with E-state index in [1.807, 2.05) is 37.7 Å². The SMILES string of the molecule is Cc1c(C)c2ccc(OCc3cc(C(C)C)n(C)n3)c(C)c2oc1=O. The summed E-state index contributed by atoms with van der Waals surface area (Å²) in [5.74, 6) is 1.12. The van der Waals surface area contributed by atoms with E-state index in [0.29, 0.717) is 29.4 Å². The minimum Gasteiger partial charge on any atom is -0.487 e. The first-order valence-corrected chi connectivity index (χ1v) is 8.48. The fourth-order valence-electron chi connectivity index (χ4n) is 3.09. The molecular formula is C20H24N2O3. The van der Waals surface area contributed by atoms with Gasteiger partial charge < -0.3 is 9.15 Å². The van der Waals surface area contributed by atoms with Gasteiger partial charge in [-0.3, -0.25) is 4.68 Å². The number of hydrogen-bond donors (Lipinski definition) is 0. The van der Waals surface area contributed by atoms with Gasteiger partial charge in [0, 0.05) is 29.3 Å². The molecule has 0 radical (unpaired) electrons. The van der Waals surface area contributed by atoms with Crippen LogP contribution in [0.15, 0.2) is 27.4 Å². The molecule has 132 valence electrons. The Morgan fingerprint density at radius 1 is 1.16 bits per heavy atom. The van der Waals surface area contributed by atoms with Gasteiger partial charge in [-0.15, -0.1) is 0 Å². The number of ether oxygens (including phenoxy) is 1. The lowest BCUT2D eigenvalue weighted by Gasteiger charge is -2.11. The molecule has 0 saturated heterocycles. The molecule has 0 amide bonds. The number of fused-ring (bicyclic) bond motifs is 1. The summed E-state index contributed by atoms with van der Waals surface area (Å²) in [5.41, 5.74) is 4.78. The second-order valence-corrected chi connectivity index (χ2v) is 6.83. The Kier molecular flexibility index (Phi) is 4.41. The average Bonchev–Trinajstić information content (AvgIpc) is 2.94. The van der Waals surface area contributed by atoms with Crippen molar-refractivity contribution in [1.29, 1.82) is 0 Å². The quantitative estimate of drug-likeness (QED) is 0.669. The van der Waals surface area contributed by atoms with Crippen LogP contribution in [-0.4, -0.2) is 9.78 Å². The highest BCUT2D eigenvalue weighted by molar-refractivity contribution is 5.85. The van der Waals surface area contributed by atoms with Gasteiger partial charge in [-0.2, -0.15) is 5.10 Å². The van der Waals surface area contributed by atoms with Gasteiger partial charge in [0.1, 0.15) is 23.6 Å². The number of hydrogen-bond acceptors (Lipinski definition) is 4. The smallest absolute Gasteiger partial charge is 0.339 e. The topological polar surface area (TPSA) is 57.3 Å². The molecule has 0 aliphatic heterocycles. The summed E-state index contributed by atoms with van der Waals surface area (Å²) in [4.78, 5) is 12.0. The summed E-state index contributed by atoms with van der Waals surface area (Å²) >= 11 is 0. The van der Waals surface area contributed by atoms with Crippen molar-refractivity contribution in [2.45, 2.75) is 47.1 Å². The lowest BCUT2D eigenvalue weighted by atomic mass is 10.0. The van der Waals surface area contributed by atoms with Crippen LogP contribution in [0.2, 0.25) is 0 Å². The zero-order valence-corrected chi connectivity index (χ0v) is 15.6. The Morgan fingerprint density at radius 2 is 1.88 bits per heavy atom. The standard InChI is InChI=1S/C20H24N2O3/c1-11(2)17-9-15(21-22(17)6)10-24-18-8-7-16-12(3)13(4)20(23)25-19(16)14(18)5/h7-9,11H,10H2,1-6H3. The molecule has 5 heteroatoms. The molecule has 25 heavy (non-hydrogen) atoms. The van der Waals surface area contributed by atoms with Gasteiger partial charge >= 0.3 is 5.63 Å². The van der Waals surface area contributed by atoms with Gasteiger partial charge in [-0.1, -0.05) is 13.8 Å². The van der Waals surface area contributed by atoms with Crippen molar-refractivity contribution < 1.29 is 9.15 Å². The molecule has 0 atom stereocenters. The first-order chi connectivity index (χ1) is 11.8. The van der Waals surface area contributed by atoms with Crippen LogP contribution in [0.1, 0.15) is 47.8 Å². The largest absolute Gasteiger partial charge is 0.487 e. The highest BCUT2D eigenvalue weighted by atomic mass is 16.5. The molecule has 0 unspecified atom stereocenters. The van der Waals surface area contributed by atoms with Crippen LogP contribution in [-0.2, 0) is 13.7 Å². The summed E-state index contributed by atoms with van der Waals surface area (Å²) in [6, 6.07) is 5.94. The lowest BCUT2D eigenvalue weighted by Crippen LogP contribution is -2.07.